The molecule has 1 N–H and O–H groups in total. The first-order valence-corrected chi connectivity index (χ1v) is 17.2. The molecule has 1 aromatic carbocycles. The number of benzene rings is 1. The topological polar surface area (TPSA) is 90.0 Å². The van der Waals surface area contributed by atoms with Crippen molar-refractivity contribution in [3.63, 3.8) is 0 Å². The van der Waals surface area contributed by atoms with E-state index in [0.29, 0.717) is 12.5 Å². The molecule has 3 atom stereocenters. The smallest absolute Gasteiger partial charge is 0.278 e. The summed E-state index contributed by atoms with van der Waals surface area (Å²) in [5, 5.41) is 0. The van der Waals surface area contributed by atoms with Gasteiger partial charge in [0.25, 0.3) is 10.2 Å². The molecule has 0 unspecified atom stereocenters. The van der Waals surface area contributed by atoms with Crippen LogP contribution in [-0.2, 0) is 33.1 Å². The Morgan fingerprint density at radius 1 is 1.05 bits per heavy atom. The molecule has 210 valence electrons. The molecule has 0 bridgehead atoms. The Bertz CT molecular complexity index is 1120. The lowest BCUT2D eigenvalue weighted by molar-refractivity contribution is 0.0220. The first-order valence-electron chi connectivity index (χ1n) is 14.1. The fraction of sp³-hybridized carbons (Fsp3) is 0.778. The lowest BCUT2D eigenvalue weighted by atomic mass is 9.77. The van der Waals surface area contributed by atoms with Crippen LogP contribution in [0.15, 0.2) is 18.2 Å². The SMILES string of the molecule is CCCCCCc1ccc2c(c1)CCN1C[C@H]3CCCN(S(=O)(=O)CCCNS(=O)(=O)N(C)C)[C@H]3C[C@@H]21. The van der Waals surface area contributed by atoms with Crippen molar-refractivity contribution in [3.05, 3.63) is 34.9 Å². The van der Waals surface area contributed by atoms with Gasteiger partial charge in [-0.15, -0.1) is 0 Å². The highest BCUT2D eigenvalue weighted by atomic mass is 32.2. The molecule has 3 heterocycles. The Morgan fingerprint density at radius 2 is 1.86 bits per heavy atom. The Hall–Kier alpha value is -1.04. The molecule has 2 fully saturated rings. The Kier molecular flexibility index (Phi) is 9.73. The van der Waals surface area contributed by atoms with Crippen LogP contribution in [0.3, 0.4) is 0 Å². The van der Waals surface area contributed by atoms with Crippen molar-refractivity contribution in [2.24, 2.45) is 5.92 Å². The summed E-state index contributed by atoms with van der Waals surface area (Å²) in [6, 6.07) is 7.33. The summed E-state index contributed by atoms with van der Waals surface area (Å²) in [6.45, 7) is 4.95. The molecular weight excluding hydrogens is 508 g/mol. The third kappa shape index (κ3) is 6.94. The van der Waals surface area contributed by atoms with Crippen molar-refractivity contribution in [1.29, 1.82) is 0 Å². The minimum atomic E-state index is -3.54. The number of hydrogen-bond acceptors (Lipinski definition) is 5. The second kappa shape index (κ2) is 12.4. The minimum absolute atomic E-state index is 0.0261. The lowest BCUT2D eigenvalue weighted by Gasteiger charge is -2.51. The summed E-state index contributed by atoms with van der Waals surface area (Å²) in [4.78, 5) is 2.59. The van der Waals surface area contributed by atoms with Gasteiger partial charge in [0, 0.05) is 52.4 Å². The van der Waals surface area contributed by atoms with Crippen LogP contribution in [-0.4, -0.2) is 82.4 Å². The number of hydrogen-bond donors (Lipinski definition) is 1. The average Bonchev–Trinajstić information content (AvgIpc) is 2.87. The fourth-order valence-electron chi connectivity index (χ4n) is 6.43. The number of aryl methyl sites for hydroxylation is 1. The second-order valence-electron chi connectivity index (χ2n) is 11.3. The van der Waals surface area contributed by atoms with Gasteiger partial charge < -0.3 is 0 Å². The van der Waals surface area contributed by atoms with Crippen molar-refractivity contribution in [3.8, 4) is 0 Å². The van der Waals surface area contributed by atoms with Gasteiger partial charge in [-0.3, -0.25) is 4.90 Å². The summed E-state index contributed by atoms with van der Waals surface area (Å²) >= 11 is 0. The summed E-state index contributed by atoms with van der Waals surface area (Å²) in [5.41, 5.74) is 4.28. The van der Waals surface area contributed by atoms with E-state index in [-0.39, 0.29) is 30.8 Å². The molecule has 37 heavy (non-hydrogen) atoms. The zero-order valence-corrected chi connectivity index (χ0v) is 24.5. The fourth-order valence-corrected chi connectivity index (χ4v) is 8.91. The van der Waals surface area contributed by atoms with E-state index in [4.69, 9.17) is 0 Å². The molecule has 8 nitrogen and oxygen atoms in total. The second-order valence-corrected chi connectivity index (χ2v) is 15.3. The summed E-state index contributed by atoms with van der Waals surface area (Å²) in [5.74, 6) is 0.338. The number of piperidine rings is 2. The van der Waals surface area contributed by atoms with Crippen molar-refractivity contribution in [2.75, 3.05) is 46.0 Å². The number of rotatable bonds is 12. The molecule has 0 radical (unpaired) electrons. The van der Waals surface area contributed by atoms with Gasteiger partial charge in [-0.05, 0) is 67.6 Å². The number of sulfonamides is 1. The molecule has 1 aromatic rings. The van der Waals surface area contributed by atoms with Crippen molar-refractivity contribution in [2.45, 2.75) is 83.2 Å². The third-order valence-corrected chi connectivity index (χ3v) is 12.0. The molecule has 0 aromatic heterocycles. The van der Waals surface area contributed by atoms with E-state index in [1.165, 1.54) is 56.5 Å². The highest BCUT2D eigenvalue weighted by Gasteiger charge is 2.45. The molecular formula is C27H46N4O4S2. The quantitative estimate of drug-likeness (QED) is 0.401. The third-order valence-electron chi connectivity index (χ3n) is 8.50. The van der Waals surface area contributed by atoms with Crippen LogP contribution in [0.5, 0.6) is 0 Å². The van der Waals surface area contributed by atoms with Crippen LogP contribution in [0.2, 0.25) is 0 Å². The van der Waals surface area contributed by atoms with Crippen molar-refractivity contribution in [1.82, 2.24) is 18.2 Å². The molecule has 0 amide bonds. The van der Waals surface area contributed by atoms with Gasteiger partial charge in [0.2, 0.25) is 10.0 Å². The Balaban J connectivity index is 1.42. The van der Waals surface area contributed by atoms with E-state index in [0.717, 1.165) is 49.5 Å². The largest absolute Gasteiger partial charge is 0.296 e. The van der Waals surface area contributed by atoms with Gasteiger partial charge in [0.05, 0.1) is 5.75 Å². The normalized spacial score (nSPS) is 25.0. The number of fused-ring (bicyclic) bond motifs is 4. The highest BCUT2D eigenvalue weighted by molar-refractivity contribution is 7.89. The summed E-state index contributed by atoms with van der Waals surface area (Å²) in [6.07, 6.45) is 10.4. The first-order chi connectivity index (χ1) is 17.6. The van der Waals surface area contributed by atoms with Gasteiger partial charge in [-0.1, -0.05) is 44.4 Å². The summed E-state index contributed by atoms with van der Waals surface area (Å²) < 4.78 is 56.0. The zero-order valence-electron chi connectivity index (χ0n) is 22.9. The van der Waals surface area contributed by atoms with Gasteiger partial charge in [-0.2, -0.15) is 17.0 Å². The molecule has 0 spiro atoms. The van der Waals surface area contributed by atoms with E-state index in [9.17, 15) is 16.8 Å². The zero-order chi connectivity index (χ0) is 26.6. The lowest BCUT2D eigenvalue weighted by Crippen LogP contribution is -2.57. The number of unbranched alkanes of at least 4 members (excludes halogenated alkanes) is 3. The van der Waals surface area contributed by atoms with Crippen molar-refractivity contribution < 1.29 is 16.8 Å². The van der Waals surface area contributed by atoms with E-state index in [2.05, 4.69) is 34.7 Å². The van der Waals surface area contributed by atoms with Crippen LogP contribution in [0, 0.1) is 5.92 Å². The predicted molar refractivity (Wildman–Crippen MR) is 149 cm³/mol. The van der Waals surface area contributed by atoms with E-state index < -0.39 is 20.2 Å². The molecule has 3 aliphatic rings. The Labute approximate surface area is 225 Å². The maximum absolute atomic E-state index is 13.4. The minimum Gasteiger partial charge on any atom is -0.296 e. The first kappa shape index (κ1) is 29.0. The van der Waals surface area contributed by atoms with Gasteiger partial charge in [0.15, 0.2) is 0 Å². The van der Waals surface area contributed by atoms with Crippen LogP contribution < -0.4 is 4.72 Å². The Morgan fingerprint density at radius 3 is 2.62 bits per heavy atom. The molecule has 3 aliphatic heterocycles. The van der Waals surface area contributed by atoms with Gasteiger partial charge in [0.1, 0.15) is 0 Å². The molecule has 10 heteroatoms. The molecule has 0 aliphatic carbocycles. The van der Waals surface area contributed by atoms with Crippen LogP contribution in [0.1, 0.15) is 81.0 Å². The van der Waals surface area contributed by atoms with Crippen molar-refractivity contribution >= 4 is 20.2 Å². The standard InChI is InChI=1S/C27H46N4O4S2/c1-4-5-6-7-10-22-12-13-25-23(19-22)14-17-30-21-24-11-8-16-31(26(24)20-27(25)30)36(32,33)18-9-15-28-37(34,35)29(2)3/h12-13,19,24,26-28H,4-11,14-18,20-21H2,1-3H3/t24-,26+,27+/m1/s1. The van der Waals surface area contributed by atoms with Crippen LogP contribution in [0.4, 0.5) is 0 Å². The van der Waals surface area contributed by atoms with E-state index >= 15 is 0 Å². The van der Waals surface area contributed by atoms with E-state index in [1.54, 1.807) is 4.31 Å². The monoisotopic (exact) mass is 554 g/mol. The van der Waals surface area contributed by atoms with Crippen LogP contribution >= 0.6 is 0 Å². The average molecular weight is 555 g/mol. The maximum atomic E-state index is 13.4. The number of nitrogens with zero attached hydrogens (tertiary/aromatic N) is 3. The van der Waals surface area contributed by atoms with E-state index in [1.807, 2.05) is 0 Å². The highest BCUT2D eigenvalue weighted by Crippen LogP contribution is 2.43. The molecule has 4 rings (SSSR count). The number of nitrogens with one attached hydrogen (secondary N) is 1. The predicted octanol–water partition coefficient (Wildman–Crippen LogP) is 3.31. The van der Waals surface area contributed by atoms with Gasteiger partial charge >= 0.3 is 0 Å². The van der Waals surface area contributed by atoms with Crippen LogP contribution in [0.25, 0.3) is 0 Å². The summed E-state index contributed by atoms with van der Waals surface area (Å²) in [7, 11) is -4.09. The molecule has 2 saturated heterocycles. The maximum Gasteiger partial charge on any atom is 0.278 e. The molecule has 0 saturated carbocycles. The van der Waals surface area contributed by atoms with Gasteiger partial charge in [-0.25, -0.2) is 13.1 Å².